The van der Waals surface area contributed by atoms with Gasteiger partial charge in [0.2, 0.25) is 0 Å². The van der Waals surface area contributed by atoms with Crippen LogP contribution in [0.4, 0.5) is 8.78 Å². The Morgan fingerprint density at radius 3 is 1.71 bits per heavy atom. The third kappa shape index (κ3) is 11.8. The molecular weight excluding hydrogens is 736 g/mol. The first-order valence-electron chi connectivity index (χ1n) is 16.2. The lowest BCUT2D eigenvalue weighted by Crippen LogP contribution is -2.71. The molecule has 3 aliphatic rings. The average molecular weight is 780 g/mol. The smallest absolute Gasteiger partial charge is 0.476 e. The predicted molar refractivity (Wildman–Crippen MR) is 184 cm³/mol. The fourth-order valence-corrected chi connectivity index (χ4v) is 7.91. The molecule has 12 nitrogen and oxygen atoms in total. The molecule has 0 spiro atoms. The molecular formula is C34H43Cl2F2N2O10P. The molecule has 3 fully saturated rings. The van der Waals surface area contributed by atoms with Gasteiger partial charge in [0.05, 0.1) is 26.8 Å². The lowest BCUT2D eigenvalue weighted by molar-refractivity contribution is -0.169. The number of fused-ring (bicyclic) bond motifs is 3. The Hall–Kier alpha value is -3.00. The van der Waals surface area contributed by atoms with Gasteiger partial charge in [-0.3, -0.25) is 23.2 Å². The number of hydrogen-bond donors (Lipinski definition) is 2. The molecule has 1 atom stereocenters. The van der Waals surface area contributed by atoms with Crippen LogP contribution in [0.5, 0.6) is 11.5 Å². The maximum atomic E-state index is 13.9. The van der Waals surface area contributed by atoms with Gasteiger partial charge in [-0.2, -0.15) is 0 Å². The Labute approximate surface area is 305 Å². The van der Waals surface area contributed by atoms with Crippen LogP contribution < -0.4 is 20.1 Å². The first-order valence-corrected chi connectivity index (χ1v) is 18.4. The largest absolute Gasteiger partial charge is 0.484 e. The molecule has 2 amide bonds. The van der Waals surface area contributed by atoms with E-state index in [9.17, 15) is 27.7 Å². The summed E-state index contributed by atoms with van der Waals surface area (Å²) in [5, 5.41) is 5.73. The van der Waals surface area contributed by atoms with E-state index in [0.29, 0.717) is 12.8 Å². The van der Waals surface area contributed by atoms with Crippen molar-refractivity contribution in [3.05, 3.63) is 58.1 Å². The van der Waals surface area contributed by atoms with Crippen LogP contribution in [0.1, 0.15) is 73.6 Å². The van der Waals surface area contributed by atoms with Crippen molar-refractivity contribution in [3.63, 3.8) is 0 Å². The van der Waals surface area contributed by atoms with Crippen LogP contribution in [0.15, 0.2) is 36.4 Å². The molecule has 51 heavy (non-hydrogen) atoms. The summed E-state index contributed by atoms with van der Waals surface area (Å²) in [5.74, 6) is -3.20. The van der Waals surface area contributed by atoms with Crippen molar-refractivity contribution in [2.75, 3.05) is 19.8 Å². The highest BCUT2D eigenvalue weighted by molar-refractivity contribution is 7.48. The van der Waals surface area contributed by atoms with Crippen molar-refractivity contribution in [3.8, 4) is 11.5 Å². The number of ether oxygens (including phenoxy) is 3. The number of phosphoric acid groups is 1. The van der Waals surface area contributed by atoms with Crippen LogP contribution in [0.3, 0.4) is 0 Å². The van der Waals surface area contributed by atoms with E-state index in [1.54, 1.807) is 41.5 Å². The second-order valence-corrected chi connectivity index (χ2v) is 16.9. The summed E-state index contributed by atoms with van der Waals surface area (Å²) >= 11 is 11.5. The molecule has 282 valence electrons. The van der Waals surface area contributed by atoms with Gasteiger partial charge >= 0.3 is 13.8 Å². The van der Waals surface area contributed by atoms with Gasteiger partial charge < -0.3 is 24.8 Å². The maximum absolute atomic E-state index is 13.9. The Morgan fingerprint density at radius 2 is 1.25 bits per heavy atom. The zero-order chi connectivity index (χ0) is 37.8. The molecule has 5 rings (SSSR count). The molecule has 2 aromatic carbocycles. The fourth-order valence-electron chi connectivity index (χ4n) is 5.93. The van der Waals surface area contributed by atoms with Crippen molar-refractivity contribution >= 4 is 48.8 Å². The minimum atomic E-state index is -4.26. The van der Waals surface area contributed by atoms with Crippen LogP contribution in [0.25, 0.3) is 0 Å². The van der Waals surface area contributed by atoms with E-state index in [0.717, 1.165) is 12.1 Å². The molecule has 17 heteroatoms. The van der Waals surface area contributed by atoms with Crippen molar-refractivity contribution in [1.29, 1.82) is 0 Å². The van der Waals surface area contributed by atoms with Crippen molar-refractivity contribution in [2.45, 2.75) is 102 Å². The molecule has 0 radical (unpaired) electrons. The second-order valence-electron chi connectivity index (χ2n) is 14.6. The highest BCUT2D eigenvalue weighted by atomic mass is 35.5. The number of benzene rings is 2. The summed E-state index contributed by atoms with van der Waals surface area (Å²) in [4.78, 5) is 39.5. The lowest BCUT2D eigenvalue weighted by Gasteiger charge is -2.57. The van der Waals surface area contributed by atoms with Gasteiger partial charge in [-0.25, -0.2) is 18.1 Å². The van der Waals surface area contributed by atoms with Gasteiger partial charge in [0.1, 0.15) is 29.2 Å². The Balaban J connectivity index is 1.47. The van der Waals surface area contributed by atoms with Crippen LogP contribution in [-0.4, -0.2) is 66.0 Å². The van der Waals surface area contributed by atoms with E-state index in [1.807, 2.05) is 0 Å². The lowest BCUT2D eigenvalue weighted by atomic mass is 9.59. The van der Waals surface area contributed by atoms with Gasteiger partial charge in [-0.15, -0.1) is 0 Å². The monoisotopic (exact) mass is 778 g/mol. The van der Waals surface area contributed by atoms with Crippen LogP contribution in [0.2, 0.25) is 10.0 Å². The quantitative estimate of drug-likeness (QED) is 0.151. The fraction of sp³-hybridized carbons (Fsp3) is 0.559. The molecule has 0 saturated heterocycles. The average Bonchev–Trinajstić information content (AvgIpc) is 3.00. The molecule has 2 N–H and O–H groups in total. The SMILES string of the molecule is CC(C)(C)OP(=O)(OCC(=O)O[C@H]1CC2(NC(=O)COc3ccc(Cl)c(F)c3)CCC1(NC(=O)COc1ccc(Cl)c(F)c1)CC2)OC(C)(C)C. The number of amides is 2. The highest BCUT2D eigenvalue weighted by Gasteiger charge is 2.57. The molecule has 3 aliphatic carbocycles. The zero-order valence-electron chi connectivity index (χ0n) is 29.2. The van der Waals surface area contributed by atoms with Gasteiger partial charge in [-0.1, -0.05) is 23.2 Å². The Kier molecular flexibility index (Phi) is 12.7. The normalized spacial score (nSPS) is 21.9. The second kappa shape index (κ2) is 15.9. The minimum Gasteiger partial charge on any atom is -0.484 e. The zero-order valence-corrected chi connectivity index (χ0v) is 31.6. The summed E-state index contributed by atoms with van der Waals surface area (Å²) in [6, 6.07) is 7.57. The maximum Gasteiger partial charge on any atom is 0.476 e. The first-order chi connectivity index (χ1) is 23.6. The number of carbonyl (C=O) groups excluding carboxylic acids is 3. The van der Waals surface area contributed by atoms with Crippen LogP contribution >= 0.6 is 31.0 Å². The number of nitrogens with one attached hydrogen (secondary N) is 2. The topological polar surface area (TPSA) is 148 Å². The van der Waals surface area contributed by atoms with E-state index >= 15 is 0 Å². The van der Waals surface area contributed by atoms with E-state index in [4.69, 9.17) is 51.0 Å². The van der Waals surface area contributed by atoms with Gasteiger partial charge in [0, 0.05) is 24.1 Å². The van der Waals surface area contributed by atoms with E-state index in [1.165, 1.54) is 24.3 Å². The summed E-state index contributed by atoms with van der Waals surface area (Å²) in [7, 11) is -4.26. The number of rotatable bonds is 14. The number of esters is 1. The van der Waals surface area contributed by atoms with Gasteiger partial charge in [0.25, 0.3) is 11.8 Å². The first kappa shape index (κ1) is 40.8. The number of hydrogen-bond acceptors (Lipinski definition) is 10. The van der Waals surface area contributed by atoms with Crippen LogP contribution in [0, 0.1) is 11.6 Å². The predicted octanol–water partition coefficient (Wildman–Crippen LogP) is 7.08. The third-order valence-corrected chi connectivity index (χ3v) is 10.6. The standard InChI is InChI=1S/C34H43Cl2F2N2O10P/c1-31(2,3)49-51(44,50-32(4,5)6)47-20-30(43)48-27-17-33(39-28(41)18-45-21-7-9-23(35)25(37)15-21)11-13-34(27,14-12-33)40-29(42)19-46-22-8-10-24(36)26(38)16-22/h7-10,15-16,27H,11-14,17-20H2,1-6H3,(H,39,41)(H,40,42)/t27-,33?,34?/m0/s1. The minimum absolute atomic E-state index is 0.0848. The molecule has 0 heterocycles. The van der Waals surface area contributed by atoms with Crippen LogP contribution in [-0.2, 0) is 37.3 Å². The third-order valence-electron chi connectivity index (χ3n) is 7.99. The van der Waals surface area contributed by atoms with E-state index in [-0.39, 0.29) is 40.8 Å². The molecule has 2 aromatic rings. The number of halogens is 4. The van der Waals surface area contributed by atoms with E-state index in [2.05, 4.69) is 10.6 Å². The number of phosphoric ester groups is 1. The molecule has 0 aliphatic heterocycles. The van der Waals surface area contributed by atoms with Crippen molar-refractivity contribution in [1.82, 2.24) is 10.6 Å². The molecule has 0 aromatic heterocycles. The summed E-state index contributed by atoms with van der Waals surface area (Å²) in [6.45, 7) is 8.19. The number of carbonyl (C=O) groups is 3. The van der Waals surface area contributed by atoms with E-state index < -0.39 is 85.4 Å². The Bertz CT molecular complexity index is 1640. The summed E-state index contributed by atoms with van der Waals surface area (Å²) < 4.78 is 74.7. The molecule has 2 bridgehead atoms. The molecule has 0 unspecified atom stereocenters. The molecule has 3 saturated carbocycles. The Morgan fingerprint density at radius 1 is 0.784 bits per heavy atom. The van der Waals surface area contributed by atoms with Gasteiger partial charge in [0.15, 0.2) is 19.8 Å². The van der Waals surface area contributed by atoms with Crippen molar-refractivity contribution in [2.24, 2.45) is 0 Å². The summed E-state index contributed by atoms with van der Waals surface area (Å²) in [6.07, 6.45) is 0.488. The highest BCUT2D eigenvalue weighted by Crippen LogP contribution is 2.55. The van der Waals surface area contributed by atoms with Gasteiger partial charge in [-0.05, 0) is 91.5 Å². The van der Waals surface area contributed by atoms with Crippen molar-refractivity contribution < 1.29 is 55.5 Å². The summed E-state index contributed by atoms with van der Waals surface area (Å²) in [5.41, 5.74) is -3.81.